The Hall–Kier alpha value is -1.72. The summed E-state index contributed by atoms with van der Waals surface area (Å²) in [5, 5.41) is 3.24. The van der Waals surface area contributed by atoms with Gasteiger partial charge in [0.15, 0.2) is 5.78 Å². The first-order valence-corrected chi connectivity index (χ1v) is 7.46. The topological polar surface area (TPSA) is 56.1 Å². The van der Waals surface area contributed by atoms with E-state index in [1.807, 2.05) is 18.2 Å². The monoisotopic (exact) mass is 287 g/mol. The Balaban J connectivity index is 1.80. The molecule has 0 aliphatic carbocycles. The van der Waals surface area contributed by atoms with Crippen LogP contribution in [0.4, 0.5) is 0 Å². The molecule has 2 unspecified atom stereocenters. The number of imidazole rings is 1. The minimum atomic E-state index is -0.111. The van der Waals surface area contributed by atoms with E-state index in [2.05, 4.69) is 27.9 Å². The lowest BCUT2D eigenvalue weighted by molar-refractivity contribution is -0.120. The van der Waals surface area contributed by atoms with E-state index < -0.39 is 0 Å². The van der Waals surface area contributed by atoms with Gasteiger partial charge in [0, 0.05) is 20.2 Å². The molecular formula is C16H21N3O2. The van der Waals surface area contributed by atoms with Gasteiger partial charge in [-0.15, -0.1) is 0 Å². The van der Waals surface area contributed by atoms with Crippen LogP contribution in [0.3, 0.4) is 0 Å². The van der Waals surface area contributed by atoms with Gasteiger partial charge in [0.05, 0.1) is 29.6 Å². The van der Waals surface area contributed by atoms with Crippen LogP contribution in [-0.2, 0) is 22.5 Å². The van der Waals surface area contributed by atoms with Crippen molar-refractivity contribution < 1.29 is 9.53 Å². The van der Waals surface area contributed by atoms with Gasteiger partial charge in [0.25, 0.3) is 0 Å². The van der Waals surface area contributed by atoms with Gasteiger partial charge in [-0.3, -0.25) is 4.79 Å². The van der Waals surface area contributed by atoms with Crippen LogP contribution in [0.1, 0.15) is 19.2 Å². The first-order valence-electron chi connectivity index (χ1n) is 7.46. The summed E-state index contributed by atoms with van der Waals surface area (Å²) in [6, 6.07) is 7.91. The predicted molar refractivity (Wildman–Crippen MR) is 81.3 cm³/mol. The molecule has 1 aliphatic rings. The second-order valence-corrected chi connectivity index (χ2v) is 5.46. The third kappa shape index (κ3) is 2.71. The third-order valence-corrected chi connectivity index (χ3v) is 4.19. The summed E-state index contributed by atoms with van der Waals surface area (Å²) in [6.07, 6.45) is 1.27. The van der Waals surface area contributed by atoms with E-state index in [1.165, 1.54) is 0 Å². The highest BCUT2D eigenvalue weighted by atomic mass is 16.5. The van der Waals surface area contributed by atoms with Gasteiger partial charge >= 0.3 is 0 Å². The lowest BCUT2D eigenvalue weighted by Gasteiger charge is -2.10. The second-order valence-electron chi connectivity index (χ2n) is 5.46. The van der Waals surface area contributed by atoms with Crippen molar-refractivity contribution in [3.8, 4) is 0 Å². The van der Waals surface area contributed by atoms with Gasteiger partial charge in [-0.25, -0.2) is 4.98 Å². The number of para-hydroxylation sites is 2. The molecule has 1 aromatic heterocycles. The highest BCUT2D eigenvalue weighted by molar-refractivity contribution is 5.87. The van der Waals surface area contributed by atoms with E-state index in [0.29, 0.717) is 6.42 Å². The average Bonchev–Trinajstić information content (AvgIpc) is 3.11. The number of ether oxygens (including phenoxy) is 1. The Morgan fingerprint density at radius 1 is 1.48 bits per heavy atom. The predicted octanol–water partition coefficient (Wildman–Crippen LogP) is 1.54. The number of benzene rings is 1. The van der Waals surface area contributed by atoms with E-state index in [1.54, 1.807) is 7.11 Å². The molecule has 1 aliphatic heterocycles. The third-order valence-electron chi connectivity index (χ3n) is 4.19. The summed E-state index contributed by atoms with van der Waals surface area (Å²) >= 11 is 0. The first-order chi connectivity index (χ1) is 10.2. The molecule has 1 saturated heterocycles. The van der Waals surface area contributed by atoms with Crippen LogP contribution < -0.4 is 5.32 Å². The normalized spacial score (nSPS) is 22.0. The molecule has 2 heterocycles. The Kier molecular flexibility index (Phi) is 4.03. The Morgan fingerprint density at radius 3 is 3.00 bits per heavy atom. The van der Waals surface area contributed by atoms with Crippen molar-refractivity contribution >= 4 is 16.8 Å². The van der Waals surface area contributed by atoms with Crippen molar-refractivity contribution in [3.63, 3.8) is 0 Å². The number of ketones is 1. The average molecular weight is 287 g/mol. The molecule has 0 bridgehead atoms. The van der Waals surface area contributed by atoms with Crippen molar-refractivity contribution in [2.75, 3.05) is 13.7 Å². The largest absolute Gasteiger partial charge is 0.380 e. The maximum absolute atomic E-state index is 12.4. The molecule has 21 heavy (non-hydrogen) atoms. The van der Waals surface area contributed by atoms with E-state index in [9.17, 15) is 4.79 Å². The van der Waals surface area contributed by atoms with Crippen LogP contribution in [0.25, 0.3) is 11.0 Å². The minimum Gasteiger partial charge on any atom is -0.380 e. The second kappa shape index (κ2) is 5.95. The summed E-state index contributed by atoms with van der Waals surface area (Å²) < 4.78 is 7.42. The van der Waals surface area contributed by atoms with Gasteiger partial charge in [-0.05, 0) is 25.5 Å². The lowest BCUT2D eigenvalue weighted by atomic mass is 10.1. The lowest BCUT2D eigenvalue weighted by Crippen LogP contribution is -2.32. The standard InChI is InChI=1S/C16H21N3O2/c1-3-19-14-7-5-4-6-12(14)18-16(19)9-15(20)13-8-11(21-2)10-17-13/h4-7,11,13,17H,3,8-10H2,1-2H3. The zero-order valence-corrected chi connectivity index (χ0v) is 12.5. The summed E-state index contributed by atoms with van der Waals surface area (Å²) in [5.41, 5.74) is 2.05. The number of nitrogens with zero attached hydrogens (tertiary/aromatic N) is 2. The van der Waals surface area contributed by atoms with Gasteiger partial charge in [-0.2, -0.15) is 0 Å². The number of nitrogens with one attached hydrogen (secondary N) is 1. The number of aryl methyl sites for hydroxylation is 1. The molecule has 2 aromatic rings. The smallest absolute Gasteiger partial charge is 0.157 e. The molecule has 0 saturated carbocycles. The quantitative estimate of drug-likeness (QED) is 0.906. The number of Topliss-reactive ketones (excluding diaryl/α,β-unsaturated/α-hetero) is 1. The molecule has 0 radical (unpaired) electrons. The molecule has 5 nitrogen and oxygen atoms in total. The van der Waals surface area contributed by atoms with Crippen molar-refractivity contribution in [2.45, 2.75) is 38.5 Å². The Morgan fingerprint density at radius 2 is 2.29 bits per heavy atom. The number of fused-ring (bicyclic) bond motifs is 1. The molecular weight excluding hydrogens is 266 g/mol. The van der Waals surface area contributed by atoms with Gasteiger partial charge in [0.2, 0.25) is 0 Å². The number of carbonyl (C=O) groups excluding carboxylic acids is 1. The highest BCUT2D eigenvalue weighted by Gasteiger charge is 2.29. The number of methoxy groups -OCH3 is 1. The molecule has 3 rings (SSSR count). The van der Waals surface area contributed by atoms with E-state index in [-0.39, 0.29) is 17.9 Å². The molecule has 1 fully saturated rings. The van der Waals surface area contributed by atoms with Gasteiger partial charge in [0.1, 0.15) is 5.82 Å². The van der Waals surface area contributed by atoms with Crippen LogP contribution in [0.2, 0.25) is 0 Å². The van der Waals surface area contributed by atoms with Crippen LogP contribution in [-0.4, -0.2) is 41.1 Å². The maximum atomic E-state index is 12.4. The number of hydrogen-bond acceptors (Lipinski definition) is 4. The van der Waals surface area contributed by atoms with Gasteiger partial charge in [-0.1, -0.05) is 12.1 Å². The fourth-order valence-electron chi connectivity index (χ4n) is 3.02. The molecule has 1 N–H and O–H groups in total. The van der Waals surface area contributed by atoms with E-state index in [4.69, 9.17) is 4.74 Å². The first kappa shape index (κ1) is 14.2. The fourth-order valence-corrected chi connectivity index (χ4v) is 3.02. The number of carbonyl (C=O) groups is 1. The molecule has 0 amide bonds. The SMILES string of the molecule is CCn1c(CC(=O)C2CC(OC)CN2)nc2ccccc21. The van der Waals surface area contributed by atoms with Crippen LogP contribution in [0.5, 0.6) is 0 Å². The van der Waals surface area contributed by atoms with Gasteiger partial charge < -0.3 is 14.6 Å². The van der Waals surface area contributed by atoms with E-state index in [0.717, 1.165) is 36.4 Å². The van der Waals surface area contributed by atoms with E-state index >= 15 is 0 Å². The fraction of sp³-hybridized carbons (Fsp3) is 0.500. The van der Waals surface area contributed by atoms with Crippen molar-refractivity contribution in [1.29, 1.82) is 0 Å². The summed E-state index contributed by atoms with van der Waals surface area (Å²) in [6.45, 7) is 3.65. The Labute approximate surface area is 124 Å². The van der Waals surface area contributed by atoms with Crippen molar-refractivity contribution in [3.05, 3.63) is 30.1 Å². The summed E-state index contributed by atoms with van der Waals surface area (Å²) in [5.74, 6) is 1.05. The molecule has 112 valence electrons. The molecule has 0 spiro atoms. The molecule has 5 heteroatoms. The summed E-state index contributed by atoms with van der Waals surface area (Å²) in [4.78, 5) is 17.1. The number of aromatic nitrogens is 2. The minimum absolute atomic E-state index is 0.111. The Bertz CT molecular complexity index is 650. The molecule has 2 atom stereocenters. The zero-order chi connectivity index (χ0) is 14.8. The molecule has 1 aromatic carbocycles. The zero-order valence-electron chi connectivity index (χ0n) is 12.5. The number of hydrogen-bond donors (Lipinski definition) is 1. The number of rotatable bonds is 5. The van der Waals surface area contributed by atoms with Crippen LogP contribution in [0.15, 0.2) is 24.3 Å². The van der Waals surface area contributed by atoms with Crippen molar-refractivity contribution in [2.24, 2.45) is 0 Å². The van der Waals surface area contributed by atoms with Crippen molar-refractivity contribution in [1.82, 2.24) is 14.9 Å². The van der Waals surface area contributed by atoms with Crippen LogP contribution in [0, 0.1) is 0 Å². The highest BCUT2D eigenvalue weighted by Crippen LogP contribution is 2.18. The van der Waals surface area contributed by atoms with Crippen LogP contribution >= 0.6 is 0 Å². The summed E-state index contributed by atoms with van der Waals surface area (Å²) in [7, 11) is 1.69. The maximum Gasteiger partial charge on any atom is 0.157 e.